The fraction of sp³-hybridized carbons (Fsp3) is 0.529. The molecule has 1 N–H and O–H groups in total. The second-order valence-corrected chi connectivity index (χ2v) is 6.30. The Balaban J connectivity index is 2.06. The van der Waals surface area contributed by atoms with Crippen LogP contribution in [0.15, 0.2) is 24.3 Å². The van der Waals surface area contributed by atoms with Crippen molar-refractivity contribution in [3.63, 3.8) is 0 Å². The number of rotatable bonds is 3. The number of benzene rings is 1. The van der Waals surface area contributed by atoms with Gasteiger partial charge in [-0.05, 0) is 50.7 Å². The minimum atomic E-state index is -0.746. The Bertz CT molecular complexity index is 594. The first-order valence-electron chi connectivity index (χ1n) is 7.72. The SMILES string of the molecule is CCc1ccccc1N1C(=O)C(C)(C2CC2)NC(=O)C1C. The van der Waals surface area contributed by atoms with E-state index < -0.39 is 11.6 Å². The van der Waals surface area contributed by atoms with Gasteiger partial charge in [0.05, 0.1) is 0 Å². The summed E-state index contributed by atoms with van der Waals surface area (Å²) in [7, 11) is 0. The largest absolute Gasteiger partial charge is 0.340 e. The van der Waals surface area contributed by atoms with Crippen molar-refractivity contribution in [1.82, 2.24) is 5.32 Å². The monoisotopic (exact) mass is 286 g/mol. The van der Waals surface area contributed by atoms with Crippen molar-refractivity contribution < 1.29 is 9.59 Å². The highest BCUT2D eigenvalue weighted by Gasteiger charge is 2.55. The quantitative estimate of drug-likeness (QED) is 0.926. The zero-order valence-electron chi connectivity index (χ0n) is 12.8. The van der Waals surface area contributed by atoms with Gasteiger partial charge in [0, 0.05) is 5.69 Å². The molecule has 112 valence electrons. The number of carbonyl (C=O) groups is 2. The van der Waals surface area contributed by atoms with E-state index in [0.29, 0.717) is 0 Å². The fourth-order valence-corrected chi connectivity index (χ4v) is 3.26. The van der Waals surface area contributed by atoms with Crippen molar-refractivity contribution in [2.45, 2.75) is 51.6 Å². The van der Waals surface area contributed by atoms with Gasteiger partial charge in [-0.2, -0.15) is 0 Å². The summed E-state index contributed by atoms with van der Waals surface area (Å²) in [6.07, 6.45) is 2.87. The fourth-order valence-electron chi connectivity index (χ4n) is 3.26. The van der Waals surface area contributed by atoms with E-state index in [1.807, 2.05) is 31.2 Å². The molecule has 2 fully saturated rings. The molecule has 1 aromatic rings. The summed E-state index contributed by atoms with van der Waals surface area (Å²) in [6, 6.07) is 7.41. The van der Waals surface area contributed by atoms with Crippen molar-refractivity contribution in [2.75, 3.05) is 4.90 Å². The molecule has 1 saturated heterocycles. The van der Waals surface area contributed by atoms with Gasteiger partial charge in [-0.1, -0.05) is 25.1 Å². The lowest BCUT2D eigenvalue weighted by Crippen LogP contribution is -2.70. The van der Waals surface area contributed by atoms with Crippen LogP contribution in [-0.4, -0.2) is 23.4 Å². The van der Waals surface area contributed by atoms with E-state index >= 15 is 0 Å². The van der Waals surface area contributed by atoms with Crippen LogP contribution in [0.4, 0.5) is 5.69 Å². The highest BCUT2D eigenvalue weighted by atomic mass is 16.2. The predicted molar refractivity (Wildman–Crippen MR) is 82.0 cm³/mol. The number of nitrogens with zero attached hydrogens (tertiary/aromatic N) is 1. The van der Waals surface area contributed by atoms with Crippen LogP contribution in [0.25, 0.3) is 0 Å². The smallest absolute Gasteiger partial charge is 0.253 e. The molecule has 4 heteroatoms. The minimum absolute atomic E-state index is 0.0259. The van der Waals surface area contributed by atoms with Crippen molar-refractivity contribution >= 4 is 17.5 Å². The van der Waals surface area contributed by atoms with Gasteiger partial charge in [-0.15, -0.1) is 0 Å². The maximum absolute atomic E-state index is 13.1. The molecule has 1 heterocycles. The average Bonchev–Trinajstić information content (AvgIpc) is 3.31. The topological polar surface area (TPSA) is 49.4 Å². The molecule has 1 aliphatic carbocycles. The number of amides is 2. The lowest BCUT2D eigenvalue weighted by atomic mass is 9.89. The Hall–Kier alpha value is -1.84. The van der Waals surface area contributed by atoms with E-state index in [-0.39, 0.29) is 17.7 Å². The second kappa shape index (κ2) is 4.86. The molecule has 21 heavy (non-hydrogen) atoms. The summed E-state index contributed by atoms with van der Waals surface area (Å²) in [6.45, 7) is 5.74. The van der Waals surface area contributed by atoms with E-state index in [1.54, 1.807) is 11.8 Å². The average molecular weight is 286 g/mol. The van der Waals surface area contributed by atoms with Gasteiger partial charge >= 0.3 is 0 Å². The molecule has 1 aliphatic heterocycles. The van der Waals surface area contributed by atoms with E-state index in [1.165, 1.54) is 0 Å². The summed E-state index contributed by atoms with van der Waals surface area (Å²) >= 11 is 0. The van der Waals surface area contributed by atoms with Crippen molar-refractivity contribution in [1.29, 1.82) is 0 Å². The normalized spacial score (nSPS) is 29.5. The van der Waals surface area contributed by atoms with Crippen LogP contribution in [0.5, 0.6) is 0 Å². The highest BCUT2D eigenvalue weighted by molar-refractivity contribution is 6.11. The van der Waals surface area contributed by atoms with Crippen molar-refractivity contribution in [3.8, 4) is 0 Å². The van der Waals surface area contributed by atoms with Crippen LogP contribution < -0.4 is 10.2 Å². The third kappa shape index (κ3) is 2.13. The number of carbonyl (C=O) groups excluding carboxylic acids is 2. The Morgan fingerprint density at radius 3 is 2.57 bits per heavy atom. The summed E-state index contributed by atoms with van der Waals surface area (Å²) < 4.78 is 0. The van der Waals surface area contributed by atoms with Crippen LogP contribution in [0.3, 0.4) is 0 Å². The number of para-hydroxylation sites is 1. The van der Waals surface area contributed by atoms with Gasteiger partial charge in [0.1, 0.15) is 11.6 Å². The number of nitrogens with one attached hydrogen (secondary N) is 1. The third-order valence-corrected chi connectivity index (χ3v) is 4.84. The van der Waals surface area contributed by atoms with Gasteiger partial charge in [-0.25, -0.2) is 0 Å². The van der Waals surface area contributed by atoms with Crippen molar-refractivity contribution in [3.05, 3.63) is 29.8 Å². The second-order valence-electron chi connectivity index (χ2n) is 6.30. The van der Waals surface area contributed by atoms with E-state index in [0.717, 1.165) is 30.5 Å². The molecule has 0 radical (unpaired) electrons. The van der Waals surface area contributed by atoms with Gasteiger partial charge in [0.15, 0.2) is 0 Å². The van der Waals surface area contributed by atoms with E-state index in [9.17, 15) is 9.59 Å². The standard InChI is InChI=1S/C17H22N2O2/c1-4-12-7-5-6-8-14(12)19-11(2)15(20)18-17(3,16(19)21)13-9-10-13/h5-8,11,13H,4,9-10H2,1-3H3,(H,18,20). The molecular formula is C17H22N2O2. The first-order valence-corrected chi connectivity index (χ1v) is 7.72. The number of anilines is 1. The molecular weight excluding hydrogens is 264 g/mol. The van der Waals surface area contributed by atoms with Crippen LogP contribution in [0, 0.1) is 5.92 Å². The van der Waals surface area contributed by atoms with E-state index in [2.05, 4.69) is 12.2 Å². The highest BCUT2D eigenvalue weighted by Crippen LogP contribution is 2.43. The molecule has 0 spiro atoms. The molecule has 3 rings (SSSR count). The number of aryl methyl sites for hydroxylation is 1. The maximum atomic E-state index is 13.1. The van der Waals surface area contributed by atoms with Crippen LogP contribution in [-0.2, 0) is 16.0 Å². The first kappa shape index (κ1) is 14.1. The maximum Gasteiger partial charge on any atom is 0.253 e. The predicted octanol–water partition coefficient (Wildman–Crippen LogP) is 2.27. The lowest BCUT2D eigenvalue weighted by Gasteiger charge is -2.44. The number of hydrogen-bond acceptors (Lipinski definition) is 2. The Kier molecular flexibility index (Phi) is 3.27. The molecule has 2 aliphatic rings. The first-order chi connectivity index (χ1) is 9.99. The van der Waals surface area contributed by atoms with Gasteiger partial charge in [0.25, 0.3) is 5.91 Å². The molecule has 1 aromatic carbocycles. The Labute approximate surface area is 125 Å². The molecule has 2 unspecified atom stereocenters. The van der Waals surface area contributed by atoms with Gasteiger partial charge in [-0.3, -0.25) is 14.5 Å². The molecule has 2 atom stereocenters. The third-order valence-electron chi connectivity index (χ3n) is 4.84. The van der Waals surface area contributed by atoms with Crippen LogP contribution in [0.1, 0.15) is 39.2 Å². The molecule has 0 bridgehead atoms. The van der Waals surface area contributed by atoms with Gasteiger partial charge in [0.2, 0.25) is 5.91 Å². The molecule has 4 nitrogen and oxygen atoms in total. The minimum Gasteiger partial charge on any atom is -0.340 e. The van der Waals surface area contributed by atoms with E-state index in [4.69, 9.17) is 0 Å². The van der Waals surface area contributed by atoms with Crippen molar-refractivity contribution in [2.24, 2.45) is 5.92 Å². The summed E-state index contributed by atoms with van der Waals surface area (Å²) in [5.41, 5.74) is 1.23. The summed E-state index contributed by atoms with van der Waals surface area (Å²) in [5, 5.41) is 2.96. The van der Waals surface area contributed by atoms with Crippen LogP contribution >= 0.6 is 0 Å². The summed E-state index contributed by atoms with van der Waals surface area (Å²) in [4.78, 5) is 27.1. The Morgan fingerprint density at radius 2 is 1.95 bits per heavy atom. The zero-order valence-corrected chi connectivity index (χ0v) is 12.8. The van der Waals surface area contributed by atoms with Gasteiger partial charge < -0.3 is 5.32 Å². The summed E-state index contributed by atoms with van der Waals surface area (Å²) in [5.74, 6) is 0.241. The Morgan fingerprint density at radius 1 is 1.29 bits per heavy atom. The lowest BCUT2D eigenvalue weighted by molar-refractivity contribution is -0.138. The molecule has 2 amide bonds. The number of hydrogen-bond donors (Lipinski definition) is 1. The zero-order chi connectivity index (χ0) is 15.2. The number of piperazine rings is 1. The molecule has 1 saturated carbocycles. The molecule has 0 aromatic heterocycles. The van der Waals surface area contributed by atoms with Crippen LogP contribution in [0.2, 0.25) is 0 Å².